The summed E-state index contributed by atoms with van der Waals surface area (Å²) in [5.74, 6) is -0.944. The number of benzene rings is 1. The molecule has 306 valence electrons. The van der Waals surface area contributed by atoms with Crippen molar-refractivity contribution < 1.29 is 46.4 Å². The Labute approximate surface area is 325 Å². The Balaban J connectivity index is 1.45. The summed E-state index contributed by atoms with van der Waals surface area (Å²) < 4.78 is 54.0. The van der Waals surface area contributed by atoms with Gasteiger partial charge in [-0.25, -0.2) is 9.59 Å². The van der Waals surface area contributed by atoms with Crippen LogP contribution in [0.3, 0.4) is 0 Å². The second-order valence-corrected chi connectivity index (χ2v) is 24.6. The number of ether oxygens (including phenoxy) is 5. The summed E-state index contributed by atoms with van der Waals surface area (Å²) in [6.07, 6.45) is -1.02. The molecule has 2 aromatic rings. The van der Waals surface area contributed by atoms with E-state index in [0.29, 0.717) is 32.5 Å². The Morgan fingerprint density at radius 3 is 2.18 bits per heavy atom. The Bertz CT molecular complexity index is 1670. The lowest BCUT2D eigenvalue weighted by Gasteiger charge is -2.51. The molecule has 1 aromatic heterocycles. The van der Waals surface area contributed by atoms with Crippen LogP contribution in [0.4, 0.5) is 16.3 Å². The Kier molecular flexibility index (Phi) is 13.8. The van der Waals surface area contributed by atoms with Crippen molar-refractivity contribution in [1.29, 1.82) is 0 Å². The summed E-state index contributed by atoms with van der Waals surface area (Å²) >= 11 is 0. The van der Waals surface area contributed by atoms with Crippen LogP contribution in [0.25, 0.3) is 0 Å². The number of hydrogen-bond donors (Lipinski definition) is 0. The first-order valence-corrected chi connectivity index (χ1v) is 23.1. The van der Waals surface area contributed by atoms with Crippen molar-refractivity contribution in [2.24, 2.45) is 0 Å². The van der Waals surface area contributed by atoms with Crippen LogP contribution in [0.5, 0.6) is 0 Å². The number of nitro groups is 1. The minimum atomic E-state index is -3.11. The SMILES string of the molecule is COC1(O[C@@H]2[C@@H]3O[Si](C(C)C)(C(C)C)O[Si](C(C)C)(C(C)C)OC[C@H]3O[C@H]2n2ccc(N(C)C(=O)OCCc3ccc([N+](=O)[O-])cc3)nc2=O)CCOCC1. The van der Waals surface area contributed by atoms with Gasteiger partial charge in [-0.15, -0.1) is 0 Å². The number of anilines is 1. The van der Waals surface area contributed by atoms with Gasteiger partial charge in [0.15, 0.2) is 12.0 Å². The molecule has 0 aliphatic carbocycles. The highest BCUT2D eigenvalue weighted by Crippen LogP contribution is 2.49. The highest BCUT2D eigenvalue weighted by Gasteiger charge is 2.63. The molecule has 4 heterocycles. The summed E-state index contributed by atoms with van der Waals surface area (Å²) in [5.41, 5.74) is 0.429. The molecule has 16 nitrogen and oxygen atoms in total. The molecule has 3 fully saturated rings. The fourth-order valence-corrected chi connectivity index (χ4v) is 19.0. The minimum Gasteiger partial charge on any atom is -0.449 e. The van der Waals surface area contributed by atoms with Crippen LogP contribution in [0, 0.1) is 10.1 Å². The third-order valence-electron chi connectivity index (χ3n) is 11.1. The van der Waals surface area contributed by atoms with Crippen LogP contribution >= 0.6 is 0 Å². The normalized spacial score (nSPS) is 24.8. The topological polar surface area (TPSA) is 172 Å². The molecule has 18 heteroatoms. The first-order valence-electron chi connectivity index (χ1n) is 19.2. The zero-order valence-electron chi connectivity index (χ0n) is 33.7. The third kappa shape index (κ3) is 8.92. The van der Waals surface area contributed by atoms with E-state index in [1.54, 1.807) is 19.2 Å². The van der Waals surface area contributed by atoms with Crippen LogP contribution in [0.1, 0.15) is 80.0 Å². The van der Waals surface area contributed by atoms with Gasteiger partial charge < -0.3 is 36.7 Å². The number of non-ortho nitro benzene ring substituents is 1. The van der Waals surface area contributed by atoms with E-state index < -0.39 is 64.2 Å². The predicted molar refractivity (Wildman–Crippen MR) is 207 cm³/mol. The fourth-order valence-electron chi connectivity index (χ4n) is 7.79. The third-order valence-corrected chi connectivity index (χ3v) is 21.3. The molecular weight excluding hydrogens is 749 g/mol. The number of carbonyl (C=O) groups is 1. The van der Waals surface area contributed by atoms with Crippen molar-refractivity contribution in [2.45, 2.75) is 127 Å². The maximum Gasteiger partial charge on any atom is 0.415 e. The van der Waals surface area contributed by atoms with Crippen molar-refractivity contribution in [3.63, 3.8) is 0 Å². The number of nitrogens with zero attached hydrogens (tertiary/aromatic N) is 4. The van der Waals surface area contributed by atoms with E-state index in [1.165, 1.54) is 36.0 Å². The standard InChI is InChI=1S/C37H58N4O12Si2/c1-24(2)54(25(3)4)49-23-30-32(52-55(53-54,26(5)6)27(7)8)33(51-37(46-10)17-21-47-22-18-37)34(50-30)40-19-15-31(38-35(40)42)39(9)36(43)48-20-16-28-11-13-29(14-12-28)41(44)45/h11-15,19,24-27,30,32-34H,16-18,20-23H2,1-10H3/t30-,32-,33-,34-/m1/s1. The molecule has 0 spiro atoms. The number of nitro benzene ring substituents is 1. The largest absolute Gasteiger partial charge is 0.449 e. The number of hydrogen-bond acceptors (Lipinski definition) is 13. The van der Waals surface area contributed by atoms with Gasteiger partial charge in [0.2, 0.25) is 0 Å². The van der Waals surface area contributed by atoms with Gasteiger partial charge in [0.05, 0.1) is 31.4 Å². The van der Waals surface area contributed by atoms with Gasteiger partial charge in [0, 0.05) is 51.7 Å². The van der Waals surface area contributed by atoms with E-state index in [4.69, 9.17) is 36.7 Å². The summed E-state index contributed by atoms with van der Waals surface area (Å²) in [4.78, 5) is 42.8. The summed E-state index contributed by atoms with van der Waals surface area (Å²) in [6.45, 7) is 18.3. The lowest BCUT2D eigenvalue weighted by molar-refractivity contribution is -0.384. The molecule has 0 radical (unpaired) electrons. The maximum atomic E-state index is 13.9. The molecule has 5 rings (SSSR count). The number of aromatic nitrogens is 2. The van der Waals surface area contributed by atoms with Gasteiger partial charge in [-0.1, -0.05) is 67.5 Å². The summed E-state index contributed by atoms with van der Waals surface area (Å²) in [5, 5.41) is 10.9. The van der Waals surface area contributed by atoms with Crippen molar-refractivity contribution in [1.82, 2.24) is 9.55 Å². The van der Waals surface area contributed by atoms with Crippen molar-refractivity contribution in [2.75, 3.05) is 45.5 Å². The van der Waals surface area contributed by atoms with E-state index in [9.17, 15) is 19.7 Å². The van der Waals surface area contributed by atoms with Crippen LogP contribution in [-0.4, -0.2) is 102 Å². The number of amides is 1. The van der Waals surface area contributed by atoms with Crippen molar-refractivity contribution >= 4 is 34.7 Å². The van der Waals surface area contributed by atoms with Crippen molar-refractivity contribution in [3.8, 4) is 0 Å². The number of methoxy groups -OCH3 is 1. The molecule has 0 unspecified atom stereocenters. The second-order valence-electron chi connectivity index (χ2n) is 15.8. The van der Waals surface area contributed by atoms with E-state index >= 15 is 0 Å². The lowest BCUT2D eigenvalue weighted by atomic mass is 10.1. The highest BCUT2D eigenvalue weighted by molar-refractivity contribution is 6.84. The van der Waals surface area contributed by atoms with Crippen LogP contribution in [0.2, 0.25) is 22.2 Å². The van der Waals surface area contributed by atoms with E-state index in [2.05, 4.69) is 60.4 Å². The molecule has 3 saturated heterocycles. The van der Waals surface area contributed by atoms with Gasteiger partial charge in [-0.2, -0.15) is 4.98 Å². The molecule has 1 aromatic carbocycles. The average molecular weight is 807 g/mol. The minimum absolute atomic E-state index is 0.0170. The first kappa shape index (κ1) is 43.1. The summed E-state index contributed by atoms with van der Waals surface area (Å²) in [7, 11) is -2.93. The number of rotatable bonds is 13. The molecule has 1 amide bonds. The van der Waals surface area contributed by atoms with Gasteiger partial charge in [0.1, 0.15) is 24.1 Å². The monoisotopic (exact) mass is 806 g/mol. The smallest absolute Gasteiger partial charge is 0.415 e. The molecule has 0 bridgehead atoms. The predicted octanol–water partition coefficient (Wildman–Crippen LogP) is 6.36. The van der Waals surface area contributed by atoms with Crippen LogP contribution in [-0.2, 0) is 43.1 Å². The van der Waals surface area contributed by atoms with Crippen LogP contribution < -0.4 is 10.6 Å². The zero-order valence-corrected chi connectivity index (χ0v) is 35.7. The zero-order chi connectivity index (χ0) is 40.3. The Morgan fingerprint density at radius 1 is 1.02 bits per heavy atom. The van der Waals surface area contributed by atoms with Gasteiger partial charge in [0.25, 0.3) is 5.69 Å². The molecule has 0 N–H and O–H groups in total. The second kappa shape index (κ2) is 17.6. The van der Waals surface area contributed by atoms with E-state index in [-0.39, 0.29) is 46.9 Å². The molecule has 3 aliphatic heterocycles. The van der Waals surface area contributed by atoms with E-state index in [1.807, 2.05) is 0 Å². The lowest BCUT2D eigenvalue weighted by Crippen LogP contribution is -2.66. The first-order chi connectivity index (χ1) is 26.0. The Hall–Kier alpha value is -3.08. The fraction of sp³-hybridized carbons (Fsp3) is 0.703. The van der Waals surface area contributed by atoms with Gasteiger partial charge in [-0.05, 0) is 33.8 Å². The molecule has 0 saturated carbocycles. The van der Waals surface area contributed by atoms with Gasteiger partial charge in [-0.3, -0.25) is 19.6 Å². The molecule has 55 heavy (non-hydrogen) atoms. The molecule has 3 aliphatic rings. The van der Waals surface area contributed by atoms with Crippen LogP contribution in [0.15, 0.2) is 41.3 Å². The number of carbonyl (C=O) groups excluding carboxylic acids is 1. The highest BCUT2D eigenvalue weighted by atomic mass is 28.5. The van der Waals surface area contributed by atoms with E-state index in [0.717, 1.165) is 10.5 Å². The molecular formula is C37H58N4O12Si2. The van der Waals surface area contributed by atoms with Gasteiger partial charge >= 0.3 is 28.9 Å². The Morgan fingerprint density at radius 2 is 1.64 bits per heavy atom. The molecule has 4 atom stereocenters. The quantitative estimate of drug-likeness (QED) is 0.0949. The maximum absolute atomic E-state index is 13.9. The number of fused-ring (bicyclic) bond motifs is 1. The average Bonchev–Trinajstić information content (AvgIpc) is 3.45. The summed E-state index contributed by atoms with van der Waals surface area (Å²) in [6, 6.07) is 7.56. The van der Waals surface area contributed by atoms with Crippen molar-refractivity contribution in [3.05, 3.63) is 62.7 Å².